The van der Waals surface area contributed by atoms with Gasteiger partial charge >= 0.3 is 0 Å². The van der Waals surface area contributed by atoms with Crippen molar-refractivity contribution in [1.29, 1.82) is 0 Å². The first-order chi connectivity index (χ1) is 12.3. The maximum absolute atomic E-state index is 12.7. The normalized spacial score (nSPS) is 23.5. The molecule has 26 heavy (non-hydrogen) atoms. The van der Waals surface area contributed by atoms with Crippen molar-refractivity contribution in [2.75, 3.05) is 0 Å². The second-order valence-corrected chi connectivity index (χ2v) is 8.79. The number of amides is 1. The van der Waals surface area contributed by atoms with E-state index < -0.39 is 0 Å². The maximum Gasteiger partial charge on any atom is 0.290 e. The molecule has 1 heterocycles. The van der Waals surface area contributed by atoms with E-state index >= 15 is 0 Å². The third-order valence-corrected chi connectivity index (χ3v) is 6.62. The molecule has 6 heteroatoms. The molecule has 3 rings (SSSR count). The van der Waals surface area contributed by atoms with Crippen LogP contribution in [-0.4, -0.2) is 22.9 Å². The first-order valence-electron chi connectivity index (χ1n) is 8.88. The number of nitrogens with one attached hydrogen (secondary N) is 1. The number of carbonyl (C=O) groups is 2. The Hall–Kier alpha value is -1.79. The van der Waals surface area contributed by atoms with Crippen LogP contribution in [0.5, 0.6) is 0 Å². The highest BCUT2D eigenvalue weighted by atomic mass is 32.2. The fourth-order valence-corrected chi connectivity index (χ4v) is 5.05. The molecule has 142 valence electrons. The predicted molar refractivity (Wildman–Crippen MR) is 106 cm³/mol. The predicted octanol–water partition coefficient (Wildman–Crippen LogP) is 3.75. The number of carboxylic acid groups (broad SMARTS) is 1. The van der Waals surface area contributed by atoms with Crippen molar-refractivity contribution in [3.63, 3.8) is 0 Å². The van der Waals surface area contributed by atoms with Gasteiger partial charge in [-0.05, 0) is 41.2 Å². The van der Waals surface area contributed by atoms with Gasteiger partial charge in [-0.3, -0.25) is 9.59 Å². The monoisotopic (exact) mass is 376 g/mol. The van der Waals surface area contributed by atoms with Gasteiger partial charge in [0.05, 0.1) is 5.37 Å². The summed E-state index contributed by atoms with van der Waals surface area (Å²) < 4.78 is 0. The molecule has 1 aromatic rings. The summed E-state index contributed by atoms with van der Waals surface area (Å²) in [6.07, 6.45) is 3.55. The van der Waals surface area contributed by atoms with Crippen LogP contribution >= 0.6 is 11.8 Å². The van der Waals surface area contributed by atoms with E-state index in [1.165, 1.54) is 11.3 Å². The van der Waals surface area contributed by atoms with Gasteiger partial charge in [0.1, 0.15) is 0 Å². The zero-order chi connectivity index (χ0) is 19.3. The number of carbonyl (C=O) groups excluding carboxylic acids is 1. The number of hydrogen-bond acceptors (Lipinski definition) is 4. The minimum atomic E-state index is -0.250. The van der Waals surface area contributed by atoms with Gasteiger partial charge in [-0.1, -0.05) is 44.5 Å². The van der Waals surface area contributed by atoms with Gasteiger partial charge in [0.15, 0.2) is 0 Å². The highest BCUT2D eigenvalue weighted by Gasteiger charge is 2.39. The molecular formula is C20H28N2O3S. The summed E-state index contributed by atoms with van der Waals surface area (Å²) >= 11 is 1.86. The lowest BCUT2D eigenvalue weighted by atomic mass is 9.74. The van der Waals surface area contributed by atoms with Gasteiger partial charge in [-0.25, -0.2) is 0 Å². The van der Waals surface area contributed by atoms with Crippen LogP contribution in [0.2, 0.25) is 0 Å². The van der Waals surface area contributed by atoms with Crippen molar-refractivity contribution >= 4 is 24.1 Å². The Kier molecular flexibility index (Phi) is 6.89. The van der Waals surface area contributed by atoms with Gasteiger partial charge in [-0.2, -0.15) is 0 Å². The van der Waals surface area contributed by atoms with Crippen LogP contribution < -0.4 is 11.1 Å². The molecule has 0 bridgehead atoms. The van der Waals surface area contributed by atoms with Gasteiger partial charge in [0.25, 0.3) is 12.4 Å². The highest BCUT2D eigenvalue weighted by molar-refractivity contribution is 8.03. The smallest absolute Gasteiger partial charge is 0.290 e. The Labute approximate surface area is 159 Å². The Morgan fingerprint density at radius 1 is 1.42 bits per heavy atom. The number of thioether (sulfide) groups is 1. The van der Waals surface area contributed by atoms with E-state index in [9.17, 15) is 4.79 Å². The number of nitrogens with two attached hydrogens (primary N) is 1. The Bertz CT molecular complexity index is 700. The minimum Gasteiger partial charge on any atom is -0.483 e. The van der Waals surface area contributed by atoms with E-state index in [2.05, 4.69) is 26.1 Å². The lowest BCUT2D eigenvalue weighted by molar-refractivity contribution is -0.122. The molecule has 2 unspecified atom stereocenters. The lowest BCUT2D eigenvalue weighted by Gasteiger charge is -2.31. The second kappa shape index (κ2) is 8.73. The van der Waals surface area contributed by atoms with Gasteiger partial charge in [-0.15, -0.1) is 11.8 Å². The summed E-state index contributed by atoms with van der Waals surface area (Å²) in [4.78, 5) is 22.5. The molecule has 0 radical (unpaired) electrons. The summed E-state index contributed by atoms with van der Waals surface area (Å²) in [6, 6.07) is 7.60. The Morgan fingerprint density at radius 2 is 2.08 bits per heavy atom. The van der Waals surface area contributed by atoms with Gasteiger partial charge in [0.2, 0.25) is 0 Å². The van der Waals surface area contributed by atoms with Crippen molar-refractivity contribution in [3.8, 4) is 0 Å². The molecule has 0 spiro atoms. The van der Waals surface area contributed by atoms with E-state index in [4.69, 9.17) is 15.6 Å². The number of rotatable bonds is 3. The number of allylic oxidation sites excluding steroid dienone is 1. The summed E-state index contributed by atoms with van der Waals surface area (Å²) in [5.74, 6) is 0.401. The zero-order valence-corrected chi connectivity index (χ0v) is 16.4. The third-order valence-electron chi connectivity index (χ3n) is 5.08. The van der Waals surface area contributed by atoms with E-state index in [0.29, 0.717) is 23.4 Å². The van der Waals surface area contributed by atoms with Crippen LogP contribution in [0.3, 0.4) is 0 Å². The molecule has 2 atom stereocenters. The Balaban J connectivity index is 0.000000758. The molecule has 0 fully saturated rings. The number of hydrogen-bond donors (Lipinski definition) is 3. The highest BCUT2D eigenvalue weighted by Crippen LogP contribution is 2.52. The van der Waals surface area contributed by atoms with E-state index in [1.807, 2.05) is 36.0 Å². The third kappa shape index (κ3) is 4.68. The molecule has 1 aromatic carbocycles. The topological polar surface area (TPSA) is 92.4 Å². The zero-order valence-electron chi connectivity index (χ0n) is 15.6. The largest absolute Gasteiger partial charge is 0.483 e. The van der Waals surface area contributed by atoms with Crippen LogP contribution in [0.15, 0.2) is 34.7 Å². The quantitative estimate of drug-likeness (QED) is 0.699. The van der Waals surface area contributed by atoms with Crippen LogP contribution in [-0.2, 0) is 11.3 Å². The first kappa shape index (κ1) is 20.5. The standard InChI is InChI=1S/C19H26N2OS.CH2O2/c1-12-15-10-19(2,3)9-8-16(15)23-18(12)21-17(22)14-7-5-4-6-13(14)11-20;2-1-3/h4-7,12,18H,8-11,20H2,1-3H3,(H,21,22);1H,(H,2,3). The first-order valence-corrected chi connectivity index (χ1v) is 9.76. The average molecular weight is 377 g/mol. The fraction of sp³-hybridized carbons (Fsp3) is 0.500. The molecular weight excluding hydrogens is 348 g/mol. The van der Waals surface area contributed by atoms with Crippen molar-refractivity contribution < 1.29 is 14.7 Å². The molecule has 0 aromatic heterocycles. The summed E-state index contributed by atoms with van der Waals surface area (Å²) in [6.45, 7) is 7.07. The van der Waals surface area contributed by atoms with E-state index in [-0.39, 0.29) is 17.8 Å². The molecule has 1 aliphatic carbocycles. The summed E-state index contributed by atoms with van der Waals surface area (Å²) in [7, 11) is 0. The molecule has 0 saturated carbocycles. The molecule has 0 saturated heterocycles. The van der Waals surface area contributed by atoms with Crippen LogP contribution in [0.4, 0.5) is 0 Å². The van der Waals surface area contributed by atoms with Crippen LogP contribution in [0, 0.1) is 11.3 Å². The molecule has 1 aliphatic heterocycles. The van der Waals surface area contributed by atoms with Gasteiger partial charge in [0, 0.05) is 18.0 Å². The molecule has 5 nitrogen and oxygen atoms in total. The van der Waals surface area contributed by atoms with E-state index in [0.717, 1.165) is 18.4 Å². The molecule has 2 aliphatic rings. The minimum absolute atomic E-state index is 0.00509. The van der Waals surface area contributed by atoms with Crippen LogP contribution in [0.1, 0.15) is 56.0 Å². The Morgan fingerprint density at radius 3 is 2.73 bits per heavy atom. The van der Waals surface area contributed by atoms with Crippen molar-refractivity contribution in [2.45, 2.75) is 52.0 Å². The second-order valence-electron chi connectivity index (χ2n) is 7.56. The molecule has 1 amide bonds. The van der Waals surface area contributed by atoms with Gasteiger partial charge < -0.3 is 16.2 Å². The average Bonchev–Trinajstić information content (AvgIpc) is 2.90. The fourth-order valence-electron chi connectivity index (χ4n) is 3.58. The van der Waals surface area contributed by atoms with Crippen LogP contribution in [0.25, 0.3) is 0 Å². The SMILES string of the molecule is CC1C2=C(CCC(C)(C)C2)SC1NC(=O)c1ccccc1CN.O=CO. The summed E-state index contributed by atoms with van der Waals surface area (Å²) in [5.41, 5.74) is 9.31. The van der Waals surface area contributed by atoms with Crippen molar-refractivity contribution in [2.24, 2.45) is 17.1 Å². The summed E-state index contributed by atoms with van der Waals surface area (Å²) in [5, 5.41) is 10.3. The maximum atomic E-state index is 12.7. The number of benzene rings is 1. The van der Waals surface area contributed by atoms with Crippen molar-refractivity contribution in [1.82, 2.24) is 5.32 Å². The lowest BCUT2D eigenvalue weighted by Crippen LogP contribution is -2.36. The van der Waals surface area contributed by atoms with E-state index in [1.54, 1.807) is 5.57 Å². The molecule has 4 N–H and O–H groups in total. The van der Waals surface area contributed by atoms with Crippen molar-refractivity contribution in [3.05, 3.63) is 45.9 Å².